The van der Waals surface area contributed by atoms with Gasteiger partial charge in [0, 0.05) is 17.7 Å². The van der Waals surface area contributed by atoms with E-state index in [1.807, 2.05) is 42.5 Å². The number of carboxylic acid groups (broad SMARTS) is 1. The highest BCUT2D eigenvalue weighted by atomic mass is 32.2. The Bertz CT molecular complexity index is 652. The highest BCUT2D eigenvalue weighted by Crippen LogP contribution is 2.21. The van der Waals surface area contributed by atoms with Crippen LogP contribution in [0.3, 0.4) is 0 Å². The summed E-state index contributed by atoms with van der Waals surface area (Å²) in [5.74, 6) is -0.933. The van der Waals surface area contributed by atoms with Gasteiger partial charge in [-0.15, -0.1) is 11.8 Å². The number of hydrogen-bond donors (Lipinski definition) is 2. The van der Waals surface area contributed by atoms with Gasteiger partial charge in [0.15, 0.2) is 5.78 Å². The smallest absolute Gasteiger partial charge is 0.317 e. The van der Waals surface area contributed by atoms with E-state index in [1.54, 1.807) is 12.1 Å². The van der Waals surface area contributed by atoms with Crippen LogP contribution in [0.5, 0.6) is 0 Å². The third-order valence-corrected chi connectivity index (χ3v) is 4.56. The Morgan fingerprint density at radius 2 is 1.57 bits per heavy atom. The van der Waals surface area contributed by atoms with Crippen LogP contribution < -0.4 is 0 Å². The normalized spacial score (nSPS) is 11.9. The second-order valence-electron chi connectivity index (χ2n) is 4.99. The Morgan fingerprint density at radius 3 is 2.13 bits per heavy atom. The van der Waals surface area contributed by atoms with E-state index in [9.17, 15) is 9.59 Å². The Kier molecular flexibility index (Phi) is 6.38. The van der Waals surface area contributed by atoms with E-state index in [0.29, 0.717) is 11.3 Å². The van der Waals surface area contributed by atoms with Gasteiger partial charge in [0.1, 0.15) is 5.25 Å². The molecule has 2 aromatic carbocycles. The second-order valence-corrected chi connectivity index (χ2v) is 6.30. The maximum Gasteiger partial charge on any atom is 0.317 e. The number of rotatable bonds is 8. The van der Waals surface area contributed by atoms with Crippen molar-refractivity contribution in [2.24, 2.45) is 0 Å². The van der Waals surface area contributed by atoms with Crippen LogP contribution in [0.15, 0.2) is 54.6 Å². The van der Waals surface area contributed by atoms with Crippen LogP contribution in [0.4, 0.5) is 0 Å². The van der Waals surface area contributed by atoms with Crippen molar-refractivity contribution < 1.29 is 19.8 Å². The molecule has 2 rings (SSSR count). The first kappa shape index (κ1) is 17.2. The number of thioether (sulfide) groups is 1. The quantitative estimate of drug-likeness (QED) is 0.728. The van der Waals surface area contributed by atoms with Crippen molar-refractivity contribution in [3.8, 4) is 11.1 Å². The Hall–Kier alpha value is -2.11. The zero-order valence-corrected chi connectivity index (χ0v) is 13.3. The molecule has 0 aliphatic heterocycles. The standard InChI is InChI=1S/C18H18O4S/c19-10-11-23-17(18(21)22)12-16(20)15-8-6-14(7-9-15)13-4-2-1-3-5-13/h1-9,17,19H,10-12H2,(H,21,22). The Balaban J connectivity index is 2.06. The molecule has 0 amide bonds. The molecule has 4 nitrogen and oxygen atoms in total. The number of benzene rings is 2. The lowest BCUT2D eigenvalue weighted by Crippen LogP contribution is -2.21. The van der Waals surface area contributed by atoms with Crippen LogP contribution in [0.1, 0.15) is 16.8 Å². The molecule has 0 bridgehead atoms. The minimum Gasteiger partial charge on any atom is -0.480 e. The summed E-state index contributed by atoms with van der Waals surface area (Å²) in [6.45, 7) is -0.103. The minimum absolute atomic E-state index is 0.0787. The van der Waals surface area contributed by atoms with E-state index in [1.165, 1.54) is 0 Å². The molecule has 0 spiro atoms. The van der Waals surface area contributed by atoms with Gasteiger partial charge in [-0.3, -0.25) is 9.59 Å². The van der Waals surface area contributed by atoms with E-state index in [-0.39, 0.29) is 18.8 Å². The lowest BCUT2D eigenvalue weighted by molar-refractivity contribution is -0.136. The number of carbonyl (C=O) groups excluding carboxylic acids is 1. The summed E-state index contributed by atoms with van der Waals surface area (Å²) in [6.07, 6.45) is -0.0787. The number of hydrogen-bond acceptors (Lipinski definition) is 4. The number of aliphatic carboxylic acids is 1. The Labute approximate surface area is 139 Å². The van der Waals surface area contributed by atoms with Crippen LogP contribution in [0.25, 0.3) is 11.1 Å². The van der Waals surface area contributed by atoms with Crippen molar-refractivity contribution in [3.05, 3.63) is 60.2 Å². The van der Waals surface area contributed by atoms with Gasteiger partial charge in [-0.2, -0.15) is 0 Å². The maximum absolute atomic E-state index is 12.2. The van der Waals surface area contributed by atoms with Gasteiger partial charge in [-0.05, 0) is 11.1 Å². The largest absolute Gasteiger partial charge is 0.480 e. The third kappa shape index (κ3) is 4.94. The zero-order valence-electron chi connectivity index (χ0n) is 12.5. The zero-order chi connectivity index (χ0) is 16.7. The minimum atomic E-state index is -1.03. The van der Waals surface area contributed by atoms with Gasteiger partial charge >= 0.3 is 5.97 Å². The number of carboxylic acids is 1. The van der Waals surface area contributed by atoms with Crippen molar-refractivity contribution in [1.82, 2.24) is 0 Å². The molecule has 120 valence electrons. The summed E-state index contributed by atoms with van der Waals surface area (Å²) in [7, 11) is 0. The molecule has 0 saturated heterocycles. The van der Waals surface area contributed by atoms with Gasteiger partial charge in [-0.25, -0.2) is 0 Å². The second kappa shape index (κ2) is 8.50. The van der Waals surface area contributed by atoms with Gasteiger partial charge < -0.3 is 10.2 Å². The van der Waals surface area contributed by atoms with Crippen molar-refractivity contribution in [3.63, 3.8) is 0 Å². The fraction of sp³-hybridized carbons (Fsp3) is 0.222. The fourth-order valence-electron chi connectivity index (χ4n) is 2.18. The number of ketones is 1. The molecule has 1 unspecified atom stereocenters. The molecule has 0 aliphatic rings. The molecule has 0 aliphatic carbocycles. The Morgan fingerprint density at radius 1 is 0.957 bits per heavy atom. The third-order valence-electron chi connectivity index (χ3n) is 3.37. The summed E-state index contributed by atoms with van der Waals surface area (Å²) >= 11 is 1.08. The van der Waals surface area contributed by atoms with Gasteiger partial charge in [0.25, 0.3) is 0 Å². The lowest BCUT2D eigenvalue weighted by atomic mass is 10.0. The number of Topliss-reactive ketones (excluding diaryl/α,β-unsaturated/α-hetero) is 1. The van der Waals surface area contributed by atoms with Crippen LogP contribution >= 0.6 is 11.8 Å². The number of aliphatic hydroxyl groups is 1. The van der Waals surface area contributed by atoms with E-state index < -0.39 is 11.2 Å². The lowest BCUT2D eigenvalue weighted by Gasteiger charge is -2.11. The molecule has 0 radical (unpaired) electrons. The maximum atomic E-state index is 12.2. The molecule has 2 aromatic rings. The molecular weight excluding hydrogens is 312 g/mol. The number of carbonyl (C=O) groups is 2. The molecule has 0 aromatic heterocycles. The molecular formula is C18H18O4S. The van der Waals surface area contributed by atoms with Gasteiger partial charge in [0.05, 0.1) is 6.61 Å². The molecule has 0 heterocycles. The van der Waals surface area contributed by atoms with Crippen molar-refractivity contribution >= 4 is 23.5 Å². The summed E-state index contributed by atoms with van der Waals surface area (Å²) < 4.78 is 0. The number of aliphatic hydroxyl groups excluding tert-OH is 1. The first-order valence-corrected chi connectivity index (χ1v) is 8.30. The average molecular weight is 330 g/mol. The SMILES string of the molecule is O=C(CC(SCCO)C(=O)O)c1ccc(-c2ccccc2)cc1. The molecule has 5 heteroatoms. The average Bonchev–Trinajstić information content (AvgIpc) is 2.59. The highest BCUT2D eigenvalue weighted by Gasteiger charge is 2.22. The molecule has 1 atom stereocenters. The summed E-state index contributed by atoms with van der Waals surface area (Å²) in [4.78, 5) is 23.4. The van der Waals surface area contributed by atoms with Crippen LogP contribution in [-0.4, -0.2) is 39.6 Å². The predicted octanol–water partition coefficient (Wildman–Crippen LogP) is 3.11. The fourth-order valence-corrected chi connectivity index (χ4v) is 2.98. The van der Waals surface area contributed by atoms with Gasteiger partial charge in [0.2, 0.25) is 0 Å². The van der Waals surface area contributed by atoms with E-state index in [4.69, 9.17) is 10.2 Å². The summed E-state index contributed by atoms with van der Waals surface area (Å²) in [6, 6.07) is 17.0. The van der Waals surface area contributed by atoms with E-state index in [2.05, 4.69) is 0 Å². The monoisotopic (exact) mass is 330 g/mol. The van der Waals surface area contributed by atoms with E-state index >= 15 is 0 Å². The first-order valence-electron chi connectivity index (χ1n) is 7.25. The molecule has 2 N–H and O–H groups in total. The van der Waals surface area contributed by atoms with Crippen molar-refractivity contribution in [2.45, 2.75) is 11.7 Å². The molecule has 0 saturated carbocycles. The van der Waals surface area contributed by atoms with Crippen molar-refractivity contribution in [1.29, 1.82) is 0 Å². The van der Waals surface area contributed by atoms with E-state index in [0.717, 1.165) is 22.9 Å². The topological polar surface area (TPSA) is 74.6 Å². The van der Waals surface area contributed by atoms with Gasteiger partial charge in [-0.1, -0.05) is 54.6 Å². The highest BCUT2D eigenvalue weighted by molar-refractivity contribution is 8.00. The molecule has 23 heavy (non-hydrogen) atoms. The van der Waals surface area contributed by atoms with Crippen LogP contribution in [0.2, 0.25) is 0 Å². The first-order chi connectivity index (χ1) is 11.1. The predicted molar refractivity (Wildman–Crippen MR) is 91.8 cm³/mol. The van der Waals surface area contributed by atoms with Crippen molar-refractivity contribution in [2.75, 3.05) is 12.4 Å². The summed E-state index contributed by atoms with van der Waals surface area (Å²) in [5.41, 5.74) is 2.57. The summed E-state index contributed by atoms with van der Waals surface area (Å²) in [5, 5.41) is 17.1. The molecule has 0 fully saturated rings. The van der Waals surface area contributed by atoms with Crippen LogP contribution in [-0.2, 0) is 4.79 Å². The van der Waals surface area contributed by atoms with Crippen LogP contribution in [0, 0.1) is 0 Å².